The topological polar surface area (TPSA) is 73.2 Å². The van der Waals surface area contributed by atoms with Crippen molar-refractivity contribution in [2.45, 2.75) is 38.8 Å². The number of imidazole rings is 1. The molecule has 0 bridgehead atoms. The zero-order chi connectivity index (χ0) is 16.9. The first-order valence-corrected chi connectivity index (χ1v) is 7.41. The van der Waals surface area contributed by atoms with Gasteiger partial charge in [0, 0.05) is 18.8 Å². The molecule has 1 atom stereocenters. The van der Waals surface area contributed by atoms with Crippen molar-refractivity contribution in [3.05, 3.63) is 54.6 Å². The SMILES string of the molecule is CC(C)(C)OC(=O)N[C@@H](Cc1ccccc1)C(=O)n1ccnc1. The second kappa shape index (κ2) is 7.09. The van der Waals surface area contributed by atoms with Gasteiger partial charge in [0.15, 0.2) is 0 Å². The molecule has 0 fully saturated rings. The number of alkyl carbamates (subject to hydrolysis) is 1. The first kappa shape index (κ1) is 16.7. The number of nitrogens with zero attached hydrogens (tertiary/aromatic N) is 2. The van der Waals surface area contributed by atoms with Crippen molar-refractivity contribution < 1.29 is 14.3 Å². The second-order valence-corrected chi connectivity index (χ2v) is 6.20. The normalized spacial score (nSPS) is 12.5. The van der Waals surface area contributed by atoms with Crippen molar-refractivity contribution in [2.24, 2.45) is 0 Å². The van der Waals surface area contributed by atoms with Crippen LogP contribution in [0.1, 0.15) is 31.1 Å². The van der Waals surface area contributed by atoms with E-state index in [1.165, 1.54) is 17.1 Å². The monoisotopic (exact) mass is 315 g/mol. The number of hydrogen-bond acceptors (Lipinski definition) is 4. The molecule has 0 aliphatic heterocycles. The number of aromatic nitrogens is 2. The van der Waals surface area contributed by atoms with Crippen molar-refractivity contribution in [3.8, 4) is 0 Å². The van der Waals surface area contributed by atoms with Crippen LogP contribution < -0.4 is 5.32 Å². The first-order valence-electron chi connectivity index (χ1n) is 7.41. The van der Waals surface area contributed by atoms with Gasteiger partial charge in [0.25, 0.3) is 5.91 Å². The smallest absolute Gasteiger partial charge is 0.408 e. The highest BCUT2D eigenvalue weighted by molar-refractivity contribution is 5.87. The summed E-state index contributed by atoms with van der Waals surface area (Å²) >= 11 is 0. The van der Waals surface area contributed by atoms with E-state index in [2.05, 4.69) is 10.3 Å². The summed E-state index contributed by atoms with van der Waals surface area (Å²) in [6.07, 6.45) is 4.24. The molecule has 0 aliphatic carbocycles. The van der Waals surface area contributed by atoms with Crippen LogP contribution in [0.2, 0.25) is 0 Å². The Kier molecular flexibility index (Phi) is 5.16. The summed E-state index contributed by atoms with van der Waals surface area (Å²) < 4.78 is 6.60. The zero-order valence-electron chi connectivity index (χ0n) is 13.5. The summed E-state index contributed by atoms with van der Waals surface area (Å²) in [6, 6.07) is 8.76. The van der Waals surface area contributed by atoms with Crippen molar-refractivity contribution in [3.63, 3.8) is 0 Å². The molecule has 6 heteroatoms. The predicted molar refractivity (Wildman–Crippen MR) is 86.2 cm³/mol. The highest BCUT2D eigenvalue weighted by Crippen LogP contribution is 2.09. The van der Waals surface area contributed by atoms with Gasteiger partial charge in [0.1, 0.15) is 18.0 Å². The van der Waals surface area contributed by atoms with E-state index in [9.17, 15) is 9.59 Å². The molecule has 2 aromatic rings. The summed E-state index contributed by atoms with van der Waals surface area (Å²) in [5.74, 6) is -0.266. The van der Waals surface area contributed by atoms with Crippen molar-refractivity contribution in [1.29, 1.82) is 0 Å². The third-order valence-electron chi connectivity index (χ3n) is 3.03. The number of hydrogen-bond donors (Lipinski definition) is 1. The molecule has 122 valence electrons. The molecule has 0 unspecified atom stereocenters. The lowest BCUT2D eigenvalue weighted by Gasteiger charge is -2.23. The van der Waals surface area contributed by atoms with E-state index in [0.717, 1.165) is 5.56 Å². The van der Waals surface area contributed by atoms with Crippen molar-refractivity contribution >= 4 is 12.0 Å². The summed E-state index contributed by atoms with van der Waals surface area (Å²) in [5, 5.41) is 2.65. The Hall–Kier alpha value is -2.63. The van der Waals surface area contributed by atoms with Gasteiger partial charge in [0.05, 0.1) is 0 Å². The molecule has 0 radical (unpaired) electrons. The van der Waals surface area contributed by atoms with E-state index in [0.29, 0.717) is 6.42 Å². The van der Waals surface area contributed by atoms with Gasteiger partial charge in [-0.05, 0) is 26.3 Å². The second-order valence-electron chi connectivity index (χ2n) is 6.20. The Morgan fingerprint density at radius 2 is 1.96 bits per heavy atom. The third kappa shape index (κ3) is 5.25. The lowest BCUT2D eigenvalue weighted by atomic mass is 10.1. The average Bonchev–Trinajstić information content (AvgIpc) is 2.99. The van der Waals surface area contributed by atoms with Gasteiger partial charge in [-0.25, -0.2) is 9.78 Å². The minimum atomic E-state index is -0.735. The highest BCUT2D eigenvalue weighted by Gasteiger charge is 2.25. The maximum Gasteiger partial charge on any atom is 0.408 e. The van der Waals surface area contributed by atoms with E-state index in [4.69, 9.17) is 4.74 Å². The van der Waals surface area contributed by atoms with Gasteiger partial charge in [-0.15, -0.1) is 0 Å². The van der Waals surface area contributed by atoms with Gasteiger partial charge in [-0.2, -0.15) is 0 Å². The summed E-state index contributed by atoms with van der Waals surface area (Å²) in [7, 11) is 0. The Bertz CT molecular complexity index is 645. The molecule has 0 aliphatic rings. The fourth-order valence-corrected chi connectivity index (χ4v) is 2.07. The number of carbonyl (C=O) groups excluding carboxylic acids is 2. The summed E-state index contributed by atoms with van der Waals surface area (Å²) in [4.78, 5) is 28.5. The van der Waals surface area contributed by atoms with Gasteiger partial charge in [-0.3, -0.25) is 9.36 Å². The van der Waals surface area contributed by atoms with Crippen LogP contribution in [0.4, 0.5) is 4.79 Å². The molecule has 0 saturated carbocycles. The molecule has 0 spiro atoms. The maximum absolute atomic E-state index is 12.6. The number of ether oxygens (including phenoxy) is 1. The van der Waals surface area contributed by atoms with Gasteiger partial charge in [-0.1, -0.05) is 30.3 Å². The first-order chi connectivity index (χ1) is 10.8. The largest absolute Gasteiger partial charge is 0.444 e. The van der Waals surface area contributed by atoms with Crippen LogP contribution in [0.15, 0.2) is 49.1 Å². The van der Waals surface area contributed by atoms with Crippen LogP contribution in [0.5, 0.6) is 0 Å². The summed E-state index contributed by atoms with van der Waals surface area (Å²) in [6.45, 7) is 5.32. The van der Waals surface area contributed by atoms with E-state index in [-0.39, 0.29) is 5.91 Å². The molecule has 1 heterocycles. The molecule has 0 saturated heterocycles. The van der Waals surface area contributed by atoms with Crippen LogP contribution in [0.3, 0.4) is 0 Å². The Balaban J connectivity index is 2.14. The lowest BCUT2D eigenvalue weighted by Crippen LogP contribution is -2.46. The molecule has 1 aromatic carbocycles. The van der Waals surface area contributed by atoms with E-state index < -0.39 is 17.7 Å². The average molecular weight is 315 g/mol. The molecular weight excluding hydrogens is 294 g/mol. The zero-order valence-corrected chi connectivity index (χ0v) is 13.5. The third-order valence-corrected chi connectivity index (χ3v) is 3.03. The minimum absolute atomic E-state index is 0.266. The van der Waals surface area contributed by atoms with Crippen LogP contribution in [-0.4, -0.2) is 33.2 Å². The molecular formula is C17H21N3O3. The number of amides is 1. The molecule has 1 amide bonds. The molecule has 6 nitrogen and oxygen atoms in total. The van der Waals surface area contributed by atoms with Crippen LogP contribution >= 0.6 is 0 Å². The fourth-order valence-electron chi connectivity index (χ4n) is 2.07. The Labute approximate surface area is 135 Å². The molecule has 23 heavy (non-hydrogen) atoms. The van der Waals surface area contributed by atoms with Crippen LogP contribution in [0, 0.1) is 0 Å². The standard InChI is InChI=1S/C17H21N3O3/c1-17(2,3)23-16(22)19-14(11-13-7-5-4-6-8-13)15(21)20-10-9-18-12-20/h4-10,12,14H,11H2,1-3H3,(H,19,22)/t14-/m0/s1. The Morgan fingerprint density at radius 3 is 2.52 bits per heavy atom. The highest BCUT2D eigenvalue weighted by atomic mass is 16.6. The molecule has 2 rings (SSSR count). The van der Waals surface area contributed by atoms with Crippen molar-refractivity contribution in [2.75, 3.05) is 0 Å². The van der Waals surface area contributed by atoms with E-state index in [1.54, 1.807) is 27.0 Å². The number of nitrogens with one attached hydrogen (secondary N) is 1. The van der Waals surface area contributed by atoms with E-state index in [1.807, 2.05) is 30.3 Å². The number of carbonyl (C=O) groups is 2. The molecule has 1 N–H and O–H groups in total. The van der Waals surface area contributed by atoms with Crippen molar-refractivity contribution in [1.82, 2.24) is 14.9 Å². The lowest BCUT2D eigenvalue weighted by molar-refractivity contribution is 0.0482. The maximum atomic E-state index is 12.6. The van der Waals surface area contributed by atoms with Crippen LogP contribution in [0.25, 0.3) is 0 Å². The number of benzene rings is 1. The number of rotatable bonds is 4. The minimum Gasteiger partial charge on any atom is -0.444 e. The fraction of sp³-hybridized carbons (Fsp3) is 0.353. The quantitative estimate of drug-likeness (QED) is 0.941. The van der Waals surface area contributed by atoms with Gasteiger partial charge >= 0.3 is 6.09 Å². The van der Waals surface area contributed by atoms with E-state index >= 15 is 0 Å². The van der Waals surface area contributed by atoms with Crippen LogP contribution in [-0.2, 0) is 11.2 Å². The van der Waals surface area contributed by atoms with Gasteiger partial charge < -0.3 is 10.1 Å². The van der Waals surface area contributed by atoms with Gasteiger partial charge in [0.2, 0.25) is 0 Å². The molecule has 1 aromatic heterocycles. The summed E-state index contributed by atoms with van der Waals surface area (Å²) in [5.41, 5.74) is 0.321. The Morgan fingerprint density at radius 1 is 1.26 bits per heavy atom. The predicted octanol–water partition coefficient (Wildman–Crippen LogP) is 2.66.